The molecule has 20 heavy (non-hydrogen) atoms. The number of ether oxygens (including phenoxy) is 1. The Morgan fingerprint density at radius 2 is 2.35 bits per heavy atom. The van der Waals surface area contributed by atoms with Gasteiger partial charge in [0.15, 0.2) is 5.75 Å². The highest BCUT2D eigenvalue weighted by atomic mass is 32.2. The molecule has 0 radical (unpaired) electrons. The number of hydrogen-bond acceptors (Lipinski definition) is 4. The quantitative estimate of drug-likeness (QED) is 0.906. The van der Waals surface area contributed by atoms with Crippen LogP contribution in [0.25, 0.3) is 0 Å². The smallest absolute Gasteiger partial charge is 0.257 e. The van der Waals surface area contributed by atoms with Gasteiger partial charge in [0.1, 0.15) is 6.61 Å². The van der Waals surface area contributed by atoms with Crippen LogP contribution in [0.15, 0.2) is 18.2 Å². The molecule has 5 heteroatoms. The molecule has 1 unspecified atom stereocenters. The van der Waals surface area contributed by atoms with E-state index in [2.05, 4.69) is 18.5 Å². The number of hydrogen-bond donors (Lipinski definition) is 1. The normalized spacial score (nSPS) is 14.8. The highest BCUT2D eigenvalue weighted by molar-refractivity contribution is 7.98. The van der Waals surface area contributed by atoms with Gasteiger partial charge in [-0.25, -0.2) is 0 Å². The van der Waals surface area contributed by atoms with E-state index < -0.39 is 0 Å². The first-order chi connectivity index (χ1) is 9.69. The van der Waals surface area contributed by atoms with Crippen LogP contribution in [0.1, 0.15) is 23.7 Å². The molecule has 2 rings (SSSR count). The third-order valence-electron chi connectivity index (χ3n) is 3.61. The van der Waals surface area contributed by atoms with E-state index in [0.717, 1.165) is 24.4 Å². The molecule has 0 saturated heterocycles. The molecule has 1 aromatic carbocycles. The van der Waals surface area contributed by atoms with Gasteiger partial charge in [-0.2, -0.15) is 11.8 Å². The molecule has 1 aliphatic heterocycles. The van der Waals surface area contributed by atoms with Crippen molar-refractivity contribution in [2.45, 2.75) is 19.4 Å². The number of para-hydroxylation sites is 1. The number of thioether (sulfide) groups is 1. The number of fused-ring (bicyclic) bond motifs is 1. The topological polar surface area (TPSA) is 41.6 Å². The van der Waals surface area contributed by atoms with E-state index >= 15 is 0 Å². The molecular weight excluding hydrogens is 272 g/mol. The molecule has 0 bridgehead atoms. The van der Waals surface area contributed by atoms with Crippen LogP contribution in [0.3, 0.4) is 0 Å². The number of benzene rings is 1. The summed E-state index contributed by atoms with van der Waals surface area (Å²) >= 11 is 1.77. The summed E-state index contributed by atoms with van der Waals surface area (Å²) < 4.78 is 5.68. The fourth-order valence-corrected chi connectivity index (χ4v) is 3.23. The molecular formula is C15H22N2O2S. The van der Waals surface area contributed by atoms with Crippen LogP contribution in [-0.2, 0) is 0 Å². The zero-order valence-corrected chi connectivity index (χ0v) is 13.1. The van der Waals surface area contributed by atoms with E-state index in [4.69, 9.17) is 4.74 Å². The minimum atomic E-state index is 0.0338. The molecule has 0 spiro atoms. The fourth-order valence-electron chi connectivity index (χ4n) is 2.39. The molecule has 0 fully saturated rings. The van der Waals surface area contributed by atoms with Gasteiger partial charge in [-0.05, 0) is 24.8 Å². The van der Waals surface area contributed by atoms with Gasteiger partial charge >= 0.3 is 0 Å². The summed E-state index contributed by atoms with van der Waals surface area (Å²) in [5, 5.41) is 3.27. The molecule has 1 aromatic rings. The highest BCUT2D eigenvalue weighted by Gasteiger charge is 2.24. The van der Waals surface area contributed by atoms with E-state index in [-0.39, 0.29) is 11.9 Å². The zero-order valence-electron chi connectivity index (χ0n) is 12.3. The summed E-state index contributed by atoms with van der Waals surface area (Å²) in [4.78, 5) is 14.5. The summed E-state index contributed by atoms with van der Waals surface area (Å²) in [5.74, 6) is 1.67. The lowest BCUT2D eigenvalue weighted by molar-refractivity contribution is 0.0739. The second-order valence-electron chi connectivity index (χ2n) is 4.89. The zero-order chi connectivity index (χ0) is 14.5. The number of anilines is 1. The molecule has 1 amide bonds. The summed E-state index contributed by atoms with van der Waals surface area (Å²) in [7, 11) is 1.88. The maximum Gasteiger partial charge on any atom is 0.257 e. The van der Waals surface area contributed by atoms with E-state index in [1.54, 1.807) is 11.8 Å². The van der Waals surface area contributed by atoms with Crippen molar-refractivity contribution in [1.82, 2.24) is 4.90 Å². The first kappa shape index (κ1) is 15.0. The molecule has 0 aromatic heterocycles. The van der Waals surface area contributed by atoms with E-state index in [1.165, 1.54) is 0 Å². The third kappa shape index (κ3) is 3.03. The van der Waals surface area contributed by atoms with Crippen LogP contribution >= 0.6 is 11.8 Å². The largest absolute Gasteiger partial charge is 0.489 e. The minimum absolute atomic E-state index is 0.0338. The number of nitrogens with zero attached hydrogens (tertiary/aromatic N) is 1. The Labute approximate surface area is 124 Å². The maximum absolute atomic E-state index is 12.7. The number of rotatable bonds is 5. The summed E-state index contributed by atoms with van der Waals surface area (Å²) in [6.45, 7) is 3.50. The van der Waals surface area contributed by atoms with Gasteiger partial charge in [0.25, 0.3) is 5.91 Å². The van der Waals surface area contributed by atoms with Crippen molar-refractivity contribution in [3.05, 3.63) is 23.8 Å². The number of carbonyl (C=O) groups excluding carboxylic acids is 1. The van der Waals surface area contributed by atoms with Crippen molar-refractivity contribution in [2.75, 3.05) is 37.5 Å². The van der Waals surface area contributed by atoms with Gasteiger partial charge in [-0.1, -0.05) is 13.0 Å². The SMILES string of the molecule is CCC(CSC)N(C)C(=O)c1cccc2c1OCCN2. The van der Waals surface area contributed by atoms with Crippen molar-refractivity contribution in [1.29, 1.82) is 0 Å². The molecule has 1 N–H and O–H groups in total. The van der Waals surface area contributed by atoms with Crippen LogP contribution < -0.4 is 10.1 Å². The molecule has 1 aliphatic rings. The lowest BCUT2D eigenvalue weighted by Crippen LogP contribution is -2.38. The van der Waals surface area contributed by atoms with Crippen LogP contribution in [0.2, 0.25) is 0 Å². The monoisotopic (exact) mass is 294 g/mol. The van der Waals surface area contributed by atoms with Gasteiger partial charge in [0, 0.05) is 25.4 Å². The summed E-state index contributed by atoms with van der Waals surface area (Å²) in [6.07, 6.45) is 3.02. The Bertz CT molecular complexity index is 479. The van der Waals surface area contributed by atoms with Gasteiger partial charge in [-0.3, -0.25) is 4.79 Å². The van der Waals surface area contributed by atoms with E-state index in [9.17, 15) is 4.79 Å². The Morgan fingerprint density at radius 1 is 1.55 bits per heavy atom. The van der Waals surface area contributed by atoms with Crippen molar-refractivity contribution in [3.8, 4) is 5.75 Å². The Morgan fingerprint density at radius 3 is 3.05 bits per heavy atom. The average molecular weight is 294 g/mol. The molecule has 0 saturated carbocycles. The molecule has 4 nitrogen and oxygen atoms in total. The van der Waals surface area contributed by atoms with Crippen LogP contribution in [0, 0.1) is 0 Å². The second-order valence-corrected chi connectivity index (χ2v) is 5.80. The first-order valence-electron chi connectivity index (χ1n) is 6.94. The molecule has 0 aliphatic carbocycles. The second kappa shape index (κ2) is 6.88. The predicted octanol–water partition coefficient (Wildman–Crippen LogP) is 2.70. The van der Waals surface area contributed by atoms with Gasteiger partial charge in [-0.15, -0.1) is 0 Å². The van der Waals surface area contributed by atoms with Crippen molar-refractivity contribution < 1.29 is 9.53 Å². The van der Waals surface area contributed by atoms with Crippen LogP contribution in [-0.4, -0.2) is 49.1 Å². The lowest BCUT2D eigenvalue weighted by Gasteiger charge is -2.29. The van der Waals surface area contributed by atoms with E-state index in [1.807, 2.05) is 30.1 Å². The Balaban J connectivity index is 2.24. The van der Waals surface area contributed by atoms with Gasteiger partial charge < -0.3 is 15.0 Å². The van der Waals surface area contributed by atoms with E-state index in [0.29, 0.717) is 17.9 Å². The van der Waals surface area contributed by atoms with Crippen LogP contribution in [0.5, 0.6) is 5.75 Å². The Hall–Kier alpha value is -1.36. The number of carbonyl (C=O) groups is 1. The van der Waals surface area contributed by atoms with Gasteiger partial charge in [0.2, 0.25) is 0 Å². The first-order valence-corrected chi connectivity index (χ1v) is 8.34. The maximum atomic E-state index is 12.7. The highest BCUT2D eigenvalue weighted by Crippen LogP contribution is 2.32. The minimum Gasteiger partial charge on any atom is -0.489 e. The molecule has 110 valence electrons. The third-order valence-corrected chi connectivity index (χ3v) is 4.33. The molecule has 1 heterocycles. The summed E-state index contributed by atoms with van der Waals surface area (Å²) in [6, 6.07) is 5.95. The fraction of sp³-hybridized carbons (Fsp3) is 0.533. The number of amides is 1. The van der Waals surface area contributed by atoms with Crippen molar-refractivity contribution in [2.24, 2.45) is 0 Å². The average Bonchev–Trinajstić information content (AvgIpc) is 2.50. The number of nitrogens with one attached hydrogen (secondary N) is 1. The van der Waals surface area contributed by atoms with Crippen molar-refractivity contribution in [3.63, 3.8) is 0 Å². The van der Waals surface area contributed by atoms with Crippen molar-refractivity contribution >= 4 is 23.4 Å². The predicted molar refractivity (Wildman–Crippen MR) is 85.0 cm³/mol. The summed E-state index contributed by atoms with van der Waals surface area (Å²) in [5.41, 5.74) is 1.56. The van der Waals surface area contributed by atoms with Gasteiger partial charge in [0.05, 0.1) is 11.3 Å². The lowest BCUT2D eigenvalue weighted by atomic mass is 10.1. The molecule has 1 atom stereocenters. The van der Waals surface area contributed by atoms with Crippen LogP contribution in [0.4, 0.5) is 5.69 Å². The standard InChI is InChI=1S/C15H22N2O2S/c1-4-11(10-20-3)17(2)15(18)12-6-5-7-13-14(12)19-9-8-16-13/h5-7,11,16H,4,8-10H2,1-3H3. The Kier molecular flexibility index (Phi) is 5.17.